The average molecular weight is 178 g/mol. The normalized spacial score (nSPS) is 11.1. The largest absolute Gasteiger partial charge is 0.359 e. The van der Waals surface area contributed by atoms with Crippen LogP contribution in [0.4, 0.5) is 0 Å². The molecule has 1 rings (SSSR count). The summed E-state index contributed by atoms with van der Waals surface area (Å²) < 4.78 is 0. The lowest BCUT2D eigenvalue weighted by Crippen LogP contribution is -2.34. The summed E-state index contributed by atoms with van der Waals surface area (Å²) in [6.07, 6.45) is 1.78. The molecule has 0 bridgehead atoms. The first kappa shape index (κ1) is 9.51. The Labute approximate surface area is 78.1 Å². The molecule has 0 aliphatic carbocycles. The highest BCUT2D eigenvalue weighted by Crippen LogP contribution is 1.91. The molecular weight excluding hydrogens is 164 g/mol. The van der Waals surface area contributed by atoms with Crippen LogP contribution in [0.25, 0.3) is 0 Å². The average Bonchev–Trinajstić information content (AvgIpc) is 2.21. The van der Waals surface area contributed by atoms with Gasteiger partial charge >= 0.3 is 0 Å². The second-order valence-corrected chi connectivity index (χ2v) is 2.50. The summed E-state index contributed by atoms with van der Waals surface area (Å²) in [7, 11) is 3.56. The summed E-state index contributed by atoms with van der Waals surface area (Å²) >= 11 is 0. The zero-order valence-corrected chi connectivity index (χ0v) is 7.91. The Bertz CT molecular complexity index is 268. The van der Waals surface area contributed by atoms with Crippen LogP contribution >= 0.6 is 0 Å². The summed E-state index contributed by atoms with van der Waals surface area (Å²) in [5.41, 5.74) is 0.999. The second kappa shape index (κ2) is 5.13. The van der Waals surface area contributed by atoms with E-state index in [0.717, 1.165) is 11.7 Å². The fraction of sp³-hybridized carbons (Fsp3) is 0.333. The van der Waals surface area contributed by atoms with Crippen LogP contribution in [0.2, 0.25) is 0 Å². The summed E-state index contributed by atoms with van der Waals surface area (Å²) in [4.78, 5) is 8.16. The number of hydrogen-bond donors (Lipinski definition) is 2. The Morgan fingerprint density at radius 1 is 1.54 bits per heavy atom. The molecule has 0 aromatic carbocycles. The zero-order chi connectivity index (χ0) is 9.52. The molecule has 1 heterocycles. The van der Waals surface area contributed by atoms with Crippen molar-refractivity contribution in [3.8, 4) is 0 Å². The molecule has 0 aliphatic heterocycles. The molecule has 0 atom stereocenters. The number of aromatic nitrogens is 1. The molecule has 4 heteroatoms. The molecule has 0 saturated heterocycles. The van der Waals surface area contributed by atoms with Gasteiger partial charge in [-0.05, 0) is 12.1 Å². The monoisotopic (exact) mass is 178 g/mol. The summed E-state index contributed by atoms with van der Waals surface area (Å²) in [5, 5.41) is 6.04. The predicted octanol–water partition coefficient (Wildman–Crippen LogP) is 0.376. The van der Waals surface area contributed by atoms with Crippen LogP contribution in [0.1, 0.15) is 5.69 Å². The number of nitrogens with one attached hydrogen (secondary N) is 2. The number of hydrogen-bond acceptors (Lipinski definition) is 2. The van der Waals surface area contributed by atoms with E-state index in [1.54, 1.807) is 13.2 Å². The van der Waals surface area contributed by atoms with Gasteiger partial charge in [-0.2, -0.15) is 0 Å². The van der Waals surface area contributed by atoms with Crippen LogP contribution in [0.5, 0.6) is 0 Å². The molecule has 13 heavy (non-hydrogen) atoms. The van der Waals surface area contributed by atoms with E-state index in [9.17, 15) is 0 Å². The van der Waals surface area contributed by atoms with E-state index in [1.807, 2.05) is 25.2 Å². The van der Waals surface area contributed by atoms with Crippen molar-refractivity contribution in [2.75, 3.05) is 14.1 Å². The van der Waals surface area contributed by atoms with Crippen molar-refractivity contribution < 1.29 is 0 Å². The lowest BCUT2D eigenvalue weighted by Gasteiger charge is -2.07. The van der Waals surface area contributed by atoms with Crippen molar-refractivity contribution >= 4 is 5.96 Å². The standard InChI is InChI=1S/C9H14N4/c1-10-9(11-2)13-7-8-5-3-4-6-12-8/h3-6H,7H2,1-2H3,(H2,10,11,13). The molecule has 0 spiro atoms. The molecule has 0 saturated carbocycles. The number of aliphatic imine (C=N–C) groups is 1. The van der Waals surface area contributed by atoms with Gasteiger partial charge in [-0.3, -0.25) is 9.98 Å². The third-order valence-electron chi connectivity index (χ3n) is 1.62. The van der Waals surface area contributed by atoms with Gasteiger partial charge < -0.3 is 10.6 Å². The van der Waals surface area contributed by atoms with Crippen LogP contribution in [-0.2, 0) is 6.54 Å². The topological polar surface area (TPSA) is 49.3 Å². The van der Waals surface area contributed by atoms with Crippen LogP contribution < -0.4 is 10.6 Å². The van der Waals surface area contributed by atoms with Crippen molar-refractivity contribution in [2.45, 2.75) is 6.54 Å². The van der Waals surface area contributed by atoms with Crippen molar-refractivity contribution in [1.82, 2.24) is 15.6 Å². The Hall–Kier alpha value is -1.58. The highest BCUT2D eigenvalue weighted by molar-refractivity contribution is 5.79. The van der Waals surface area contributed by atoms with Gasteiger partial charge in [0.2, 0.25) is 0 Å². The van der Waals surface area contributed by atoms with Gasteiger partial charge in [0, 0.05) is 20.3 Å². The van der Waals surface area contributed by atoms with Gasteiger partial charge in [0.25, 0.3) is 0 Å². The van der Waals surface area contributed by atoms with E-state index in [0.29, 0.717) is 6.54 Å². The van der Waals surface area contributed by atoms with Gasteiger partial charge in [0.05, 0.1) is 12.2 Å². The van der Waals surface area contributed by atoms with Gasteiger partial charge in [-0.15, -0.1) is 0 Å². The maximum atomic E-state index is 4.17. The first-order valence-corrected chi connectivity index (χ1v) is 4.15. The van der Waals surface area contributed by atoms with E-state index in [4.69, 9.17) is 0 Å². The zero-order valence-electron chi connectivity index (χ0n) is 7.91. The van der Waals surface area contributed by atoms with Gasteiger partial charge in [-0.1, -0.05) is 6.07 Å². The van der Waals surface area contributed by atoms with Crippen molar-refractivity contribution in [1.29, 1.82) is 0 Å². The third-order valence-corrected chi connectivity index (χ3v) is 1.62. The van der Waals surface area contributed by atoms with E-state index in [1.165, 1.54) is 0 Å². The van der Waals surface area contributed by atoms with E-state index in [-0.39, 0.29) is 0 Å². The fourth-order valence-corrected chi connectivity index (χ4v) is 0.956. The minimum atomic E-state index is 0.689. The summed E-state index contributed by atoms with van der Waals surface area (Å²) in [6, 6.07) is 5.83. The number of rotatable bonds is 2. The highest BCUT2D eigenvalue weighted by atomic mass is 15.2. The minimum absolute atomic E-state index is 0.689. The molecule has 2 N–H and O–H groups in total. The van der Waals surface area contributed by atoms with Crippen molar-refractivity contribution in [2.24, 2.45) is 4.99 Å². The minimum Gasteiger partial charge on any atom is -0.359 e. The summed E-state index contributed by atoms with van der Waals surface area (Å²) in [6.45, 7) is 0.689. The summed E-state index contributed by atoms with van der Waals surface area (Å²) in [5.74, 6) is 0.769. The lowest BCUT2D eigenvalue weighted by atomic mass is 10.3. The molecule has 70 valence electrons. The van der Waals surface area contributed by atoms with Crippen LogP contribution in [-0.4, -0.2) is 25.0 Å². The van der Waals surface area contributed by atoms with Gasteiger partial charge in [0.1, 0.15) is 0 Å². The molecule has 0 aliphatic rings. The maximum absolute atomic E-state index is 4.17. The molecule has 0 unspecified atom stereocenters. The number of nitrogens with zero attached hydrogens (tertiary/aromatic N) is 2. The molecule has 0 fully saturated rings. The van der Waals surface area contributed by atoms with Gasteiger partial charge in [-0.25, -0.2) is 0 Å². The van der Waals surface area contributed by atoms with Crippen LogP contribution in [0.15, 0.2) is 29.4 Å². The second-order valence-electron chi connectivity index (χ2n) is 2.50. The van der Waals surface area contributed by atoms with Crippen LogP contribution in [0.3, 0.4) is 0 Å². The Morgan fingerprint density at radius 2 is 2.38 bits per heavy atom. The van der Waals surface area contributed by atoms with E-state index in [2.05, 4.69) is 20.6 Å². The molecule has 1 aromatic heterocycles. The van der Waals surface area contributed by atoms with E-state index >= 15 is 0 Å². The molecule has 0 radical (unpaired) electrons. The fourth-order valence-electron chi connectivity index (χ4n) is 0.956. The van der Waals surface area contributed by atoms with E-state index < -0.39 is 0 Å². The smallest absolute Gasteiger partial charge is 0.191 e. The Kier molecular flexibility index (Phi) is 3.75. The SMILES string of the molecule is CN=C(NC)NCc1ccccn1. The van der Waals surface area contributed by atoms with Crippen molar-refractivity contribution in [3.63, 3.8) is 0 Å². The quantitative estimate of drug-likeness (QED) is 0.508. The third kappa shape index (κ3) is 3.11. The molecule has 0 amide bonds. The Balaban J connectivity index is 2.43. The predicted molar refractivity (Wildman–Crippen MR) is 53.5 cm³/mol. The molecular formula is C9H14N4. The maximum Gasteiger partial charge on any atom is 0.191 e. The molecule has 4 nitrogen and oxygen atoms in total. The first-order chi connectivity index (χ1) is 6.36. The van der Waals surface area contributed by atoms with Gasteiger partial charge in [0.15, 0.2) is 5.96 Å². The number of guanidine groups is 1. The highest BCUT2D eigenvalue weighted by Gasteiger charge is 1.94. The lowest BCUT2D eigenvalue weighted by molar-refractivity contribution is 0.837. The Morgan fingerprint density at radius 3 is 2.92 bits per heavy atom. The molecule has 1 aromatic rings. The van der Waals surface area contributed by atoms with Crippen LogP contribution in [0, 0.1) is 0 Å². The van der Waals surface area contributed by atoms with Crippen molar-refractivity contribution in [3.05, 3.63) is 30.1 Å². The first-order valence-electron chi connectivity index (χ1n) is 4.15. The number of pyridine rings is 1.